The molecule has 0 aromatic carbocycles. The van der Waals surface area contributed by atoms with E-state index < -0.39 is 5.60 Å². The fourth-order valence-electron chi connectivity index (χ4n) is 2.66. The second-order valence-corrected chi connectivity index (χ2v) is 6.10. The molecule has 4 heteroatoms. The number of likely N-dealkylation sites (tertiary alicyclic amines) is 1. The Labute approximate surface area is 122 Å². The van der Waals surface area contributed by atoms with Crippen molar-refractivity contribution < 1.29 is 5.11 Å². The molecule has 2 rings (SSSR count). The third-order valence-electron chi connectivity index (χ3n) is 3.94. The quantitative estimate of drug-likeness (QED) is 0.868. The summed E-state index contributed by atoms with van der Waals surface area (Å²) in [5.41, 5.74) is 0.807. The normalized spacial score (nSPS) is 24.4. The molecule has 1 saturated heterocycles. The average molecular weight is 277 g/mol. The number of nitrogens with zero attached hydrogens (tertiary/aromatic N) is 2. The largest absolute Gasteiger partial charge is 0.390 e. The smallest absolute Gasteiger partial charge is 0.126 e. The highest BCUT2D eigenvalue weighted by Gasteiger charge is 2.24. The summed E-state index contributed by atoms with van der Waals surface area (Å²) in [7, 11) is 0. The van der Waals surface area contributed by atoms with Crippen molar-refractivity contribution in [1.82, 2.24) is 9.88 Å². The minimum Gasteiger partial charge on any atom is -0.390 e. The zero-order valence-electron chi connectivity index (χ0n) is 12.7. The monoisotopic (exact) mass is 277 g/mol. The Balaban J connectivity index is 1.92. The van der Waals surface area contributed by atoms with Crippen molar-refractivity contribution in [3.63, 3.8) is 0 Å². The van der Waals surface area contributed by atoms with Crippen LogP contribution in [0.4, 0.5) is 5.82 Å². The first kappa shape index (κ1) is 15.3. The lowest BCUT2D eigenvalue weighted by molar-refractivity contribution is 0.0444. The van der Waals surface area contributed by atoms with Gasteiger partial charge in [-0.3, -0.25) is 4.90 Å². The second-order valence-electron chi connectivity index (χ2n) is 6.10. The maximum atomic E-state index is 10.1. The molecule has 1 atom stereocenters. The van der Waals surface area contributed by atoms with Crippen molar-refractivity contribution >= 4 is 5.82 Å². The molecule has 20 heavy (non-hydrogen) atoms. The van der Waals surface area contributed by atoms with E-state index in [1.807, 2.05) is 13.1 Å². The van der Waals surface area contributed by atoms with Crippen molar-refractivity contribution in [3.05, 3.63) is 23.9 Å². The van der Waals surface area contributed by atoms with Gasteiger partial charge in [0.15, 0.2) is 0 Å². The molecule has 1 aromatic heterocycles. The fourth-order valence-corrected chi connectivity index (χ4v) is 2.66. The van der Waals surface area contributed by atoms with Crippen LogP contribution in [0.3, 0.4) is 0 Å². The second kappa shape index (κ2) is 7.04. The van der Waals surface area contributed by atoms with Crippen molar-refractivity contribution in [2.75, 3.05) is 25.0 Å². The molecule has 0 spiro atoms. The lowest BCUT2D eigenvalue weighted by Crippen LogP contribution is -2.28. The molecule has 1 unspecified atom stereocenters. The SMILES string of the molecule is CCCNc1cc(CN2CCCC(C)(O)CC2)ccn1. The van der Waals surface area contributed by atoms with Crippen LogP contribution in [0.5, 0.6) is 0 Å². The van der Waals surface area contributed by atoms with Crippen LogP contribution in [0.1, 0.15) is 45.1 Å². The van der Waals surface area contributed by atoms with E-state index in [4.69, 9.17) is 0 Å². The topological polar surface area (TPSA) is 48.4 Å². The molecule has 4 nitrogen and oxygen atoms in total. The van der Waals surface area contributed by atoms with Gasteiger partial charge >= 0.3 is 0 Å². The fraction of sp³-hybridized carbons (Fsp3) is 0.688. The van der Waals surface area contributed by atoms with E-state index >= 15 is 0 Å². The highest BCUT2D eigenvalue weighted by Crippen LogP contribution is 2.22. The molecule has 1 fully saturated rings. The first-order chi connectivity index (χ1) is 9.59. The summed E-state index contributed by atoms with van der Waals surface area (Å²) >= 11 is 0. The van der Waals surface area contributed by atoms with Crippen LogP contribution in [0.2, 0.25) is 0 Å². The summed E-state index contributed by atoms with van der Waals surface area (Å²) in [5, 5.41) is 13.5. The van der Waals surface area contributed by atoms with E-state index in [0.717, 1.165) is 57.7 Å². The van der Waals surface area contributed by atoms with Crippen LogP contribution in [-0.4, -0.2) is 40.2 Å². The van der Waals surface area contributed by atoms with Gasteiger partial charge in [0.2, 0.25) is 0 Å². The van der Waals surface area contributed by atoms with Crippen molar-refractivity contribution in [3.8, 4) is 0 Å². The van der Waals surface area contributed by atoms with Gasteiger partial charge in [0.05, 0.1) is 5.60 Å². The van der Waals surface area contributed by atoms with E-state index in [1.54, 1.807) is 0 Å². The van der Waals surface area contributed by atoms with Crippen molar-refractivity contribution in [2.45, 2.75) is 51.7 Å². The van der Waals surface area contributed by atoms with Crippen LogP contribution in [0.25, 0.3) is 0 Å². The Morgan fingerprint density at radius 3 is 3.05 bits per heavy atom. The third kappa shape index (κ3) is 4.76. The van der Waals surface area contributed by atoms with Crippen LogP contribution in [-0.2, 0) is 6.54 Å². The standard InChI is InChI=1S/C16H27N3O/c1-3-8-17-15-12-14(5-9-18-15)13-19-10-4-6-16(2,20)7-11-19/h5,9,12,20H,3-4,6-8,10-11,13H2,1-2H3,(H,17,18). The average Bonchev–Trinajstić information content (AvgIpc) is 2.58. The molecule has 1 aliphatic heterocycles. The molecule has 0 bridgehead atoms. The highest BCUT2D eigenvalue weighted by atomic mass is 16.3. The zero-order valence-corrected chi connectivity index (χ0v) is 12.7. The summed E-state index contributed by atoms with van der Waals surface area (Å²) < 4.78 is 0. The van der Waals surface area contributed by atoms with Gasteiger partial charge in [0, 0.05) is 25.8 Å². The number of aromatic nitrogens is 1. The predicted octanol–water partition coefficient (Wildman–Crippen LogP) is 2.64. The Morgan fingerprint density at radius 1 is 1.40 bits per heavy atom. The van der Waals surface area contributed by atoms with E-state index in [2.05, 4.69) is 34.3 Å². The lowest BCUT2D eigenvalue weighted by atomic mass is 9.98. The molecule has 2 N–H and O–H groups in total. The minimum atomic E-state index is -0.485. The Bertz CT molecular complexity index is 420. The lowest BCUT2D eigenvalue weighted by Gasteiger charge is -2.22. The van der Waals surface area contributed by atoms with Crippen LogP contribution >= 0.6 is 0 Å². The summed E-state index contributed by atoms with van der Waals surface area (Å²) in [4.78, 5) is 6.77. The van der Waals surface area contributed by atoms with Crippen molar-refractivity contribution in [2.24, 2.45) is 0 Å². The molecule has 112 valence electrons. The predicted molar refractivity (Wildman–Crippen MR) is 82.8 cm³/mol. The Morgan fingerprint density at radius 2 is 2.25 bits per heavy atom. The first-order valence-corrected chi connectivity index (χ1v) is 7.72. The van der Waals surface area contributed by atoms with E-state index in [0.29, 0.717) is 0 Å². The number of nitrogens with one attached hydrogen (secondary N) is 1. The molecule has 2 heterocycles. The number of anilines is 1. The number of aliphatic hydroxyl groups is 1. The van der Waals surface area contributed by atoms with Crippen LogP contribution < -0.4 is 5.32 Å². The van der Waals surface area contributed by atoms with Gasteiger partial charge in [-0.15, -0.1) is 0 Å². The van der Waals surface area contributed by atoms with Crippen LogP contribution in [0.15, 0.2) is 18.3 Å². The number of pyridine rings is 1. The van der Waals surface area contributed by atoms with E-state index in [9.17, 15) is 5.11 Å². The molecule has 0 radical (unpaired) electrons. The minimum absolute atomic E-state index is 0.485. The molecular weight excluding hydrogens is 250 g/mol. The molecule has 0 aliphatic carbocycles. The highest BCUT2D eigenvalue weighted by molar-refractivity contribution is 5.37. The molecule has 0 amide bonds. The van der Waals surface area contributed by atoms with Gasteiger partial charge in [0.25, 0.3) is 0 Å². The van der Waals surface area contributed by atoms with Gasteiger partial charge in [-0.1, -0.05) is 6.92 Å². The van der Waals surface area contributed by atoms with E-state index in [1.165, 1.54) is 5.56 Å². The summed E-state index contributed by atoms with van der Waals surface area (Å²) in [6.45, 7) is 8.04. The Hall–Kier alpha value is -1.13. The van der Waals surface area contributed by atoms with E-state index in [-0.39, 0.29) is 0 Å². The third-order valence-corrected chi connectivity index (χ3v) is 3.94. The maximum absolute atomic E-state index is 10.1. The van der Waals surface area contributed by atoms with Gasteiger partial charge in [-0.05, 0) is 56.8 Å². The molecule has 1 aliphatic rings. The van der Waals surface area contributed by atoms with Gasteiger partial charge in [-0.25, -0.2) is 4.98 Å². The Kier molecular flexibility index (Phi) is 5.38. The molecule has 1 aromatic rings. The first-order valence-electron chi connectivity index (χ1n) is 7.72. The zero-order chi connectivity index (χ0) is 14.4. The number of rotatable bonds is 5. The summed E-state index contributed by atoms with van der Waals surface area (Å²) in [5.74, 6) is 0.964. The summed E-state index contributed by atoms with van der Waals surface area (Å²) in [6, 6.07) is 4.22. The van der Waals surface area contributed by atoms with Gasteiger partial charge in [0.1, 0.15) is 5.82 Å². The summed E-state index contributed by atoms with van der Waals surface area (Å²) in [6.07, 6.45) is 5.82. The van der Waals surface area contributed by atoms with Gasteiger partial charge < -0.3 is 10.4 Å². The number of hydrogen-bond acceptors (Lipinski definition) is 4. The van der Waals surface area contributed by atoms with Crippen LogP contribution in [0, 0.1) is 0 Å². The molecule has 0 saturated carbocycles. The number of hydrogen-bond donors (Lipinski definition) is 2. The maximum Gasteiger partial charge on any atom is 0.126 e. The molecular formula is C16H27N3O. The van der Waals surface area contributed by atoms with Crippen molar-refractivity contribution in [1.29, 1.82) is 0 Å². The van der Waals surface area contributed by atoms with Gasteiger partial charge in [-0.2, -0.15) is 0 Å².